The summed E-state index contributed by atoms with van der Waals surface area (Å²) in [6.45, 7) is 3.12. The molecule has 0 amide bonds. The fourth-order valence-electron chi connectivity index (χ4n) is 0.276. The van der Waals surface area contributed by atoms with Gasteiger partial charge in [-0.25, -0.2) is 10.9 Å². The standard InChI is InChI=1S/C4H13N3/c1-3-4-6-7-5-2/h5-7H,3-4H2,1-2H3. The molecule has 0 aromatic carbocycles. The van der Waals surface area contributed by atoms with E-state index in [4.69, 9.17) is 0 Å². The smallest absolute Gasteiger partial charge is 0.0110 e. The van der Waals surface area contributed by atoms with Gasteiger partial charge in [0.05, 0.1) is 0 Å². The highest BCUT2D eigenvalue weighted by Gasteiger charge is 1.73. The van der Waals surface area contributed by atoms with Crippen LogP contribution >= 0.6 is 0 Å². The molecule has 0 spiro atoms. The molecule has 0 unspecified atom stereocenters. The maximum atomic E-state index is 2.92. The lowest BCUT2D eigenvalue weighted by atomic mass is 10.5. The van der Waals surface area contributed by atoms with Gasteiger partial charge in [-0.3, -0.25) is 0 Å². The molecule has 0 rings (SSSR count). The molecule has 0 aliphatic heterocycles. The highest BCUT2D eigenvalue weighted by atomic mass is 15.6. The first-order valence-electron chi connectivity index (χ1n) is 2.56. The summed E-state index contributed by atoms with van der Waals surface area (Å²) < 4.78 is 0. The summed E-state index contributed by atoms with van der Waals surface area (Å²) in [6, 6.07) is 0. The van der Waals surface area contributed by atoms with Gasteiger partial charge in [0.2, 0.25) is 0 Å². The van der Waals surface area contributed by atoms with Gasteiger partial charge < -0.3 is 0 Å². The zero-order valence-corrected chi connectivity index (χ0v) is 4.91. The van der Waals surface area contributed by atoms with Gasteiger partial charge in [0.15, 0.2) is 0 Å². The highest BCUT2D eigenvalue weighted by molar-refractivity contribution is 4.29. The molecule has 0 heterocycles. The molecule has 0 radical (unpaired) electrons. The van der Waals surface area contributed by atoms with Crippen molar-refractivity contribution in [3.8, 4) is 0 Å². The van der Waals surface area contributed by atoms with Crippen molar-refractivity contribution in [1.82, 2.24) is 16.4 Å². The van der Waals surface area contributed by atoms with E-state index < -0.39 is 0 Å². The second-order valence-corrected chi connectivity index (χ2v) is 1.30. The van der Waals surface area contributed by atoms with Crippen molar-refractivity contribution in [2.75, 3.05) is 13.6 Å². The van der Waals surface area contributed by atoms with Crippen molar-refractivity contribution >= 4 is 0 Å². The number of hydrogen-bond donors (Lipinski definition) is 3. The van der Waals surface area contributed by atoms with E-state index in [0.717, 1.165) is 13.0 Å². The molecule has 0 saturated heterocycles. The molecule has 0 fully saturated rings. The zero-order chi connectivity index (χ0) is 5.54. The number of rotatable bonds is 4. The van der Waals surface area contributed by atoms with Gasteiger partial charge in [-0.05, 0) is 13.5 Å². The Morgan fingerprint density at radius 2 is 2.14 bits per heavy atom. The van der Waals surface area contributed by atoms with Gasteiger partial charge in [-0.2, -0.15) is 5.53 Å². The van der Waals surface area contributed by atoms with E-state index >= 15 is 0 Å². The summed E-state index contributed by atoms with van der Waals surface area (Å²) in [5, 5.41) is 0. The van der Waals surface area contributed by atoms with Gasteiger partial charge in [0, 0.05) is 6.54 Å². The molecule has 3 N–H and O–H groups in total. The SMILES string of the molecule is CCCNNNC. The molecule has 0 aliphatic rings. The monoisotopic (exact) mass is 103 g/mol. The van der Waals surface area contributed by atoms with Gasteiger partial charge in [0.25, 0.3) is 0 Å². The third-order valence-corrected chi connectivity index (χ3v) is 0.588. The van der Waals surface area contributed by atoms with Crippen LogP contribution in [0, 0.1) is 0 Å². The molecule has 7 heavy (non-hydrogen) atoms. The van der Waals surface area contributed by atoms with Gasteiger partial charge >= 0.3 is 0 Å². The summed E-state index contributed by atoms with van der Waals surface area (Å²) in [5.41, 5.74) is 8.41. The molecule has 0 saturated carbocycles. The zero-order valence-electron chi connectivity index (χ0n) is 4.91. The van der Waals surface area contributed by atoms with Crippen molar-refractivity contribution < 1.29 is 0 Å². The first-order valence-corrected chi connectivity index (χ1v) is 2.56. The molecule has 0 aromatic rings. The maximum absolute atomic E-state index is 2.92. The lowest BCUT2D eigenvalue weighted by Crippen LogP contribution is -2.41. The average Bonchev–Trinajstić information content (AvgIpc) is 1.69. The number of hydrazine groups is 2. The maximum Gasteiger partial charge on any atom is 0.0110 e. The van der Waals surface area contributed by atoms with Crippen molar-refractivity contribution in [2.45, 2.75) is 13.3 Å². The molecule has 44 valence electrons. The third kappa shape index (κ3) is 5.88. The van der Waals surface area contributed by atoms with Crippen LogP contribution < -0.4 is 16.4 Å². The van der Waals surface area contributed by atoms with Crippen LogP contribution in [-0.2, 0) is 0 Å². The van der Waals surface area contributed by atoms with Gasteiger partial charge in [0.1, 0.15) is 0 Å². The molecule has 0 atom stereocenters. The third-order valence-electron chi connectivity index (χ3n) is 0.588. The lowest BCUT2D eigenvalue weighted by molar-refractivity contribution is 0.469. The molecule has 3 nitrogen and oxygen atoms in total. The van der Waals surface area contributed by atoms with E-state index in [2.05, 4.69) is 23.3 Å². The van der Waals surface area contributed by atoms with Crippen LogP contribution in [0.3, 0.4) is 0 Å². The van der Waals surface area contributed by atoms with E-state index in [-0.39, 0.29) is 0 Å². The summed E-state index contributed by atoms with van der Waals surface area (Å²) in [7, 11) is 1.82. The highest BCUT2D eigenvalue weighted by Crippen LogP contribution is 1.62. The van der Waals surface area contributed by atoms with Crippen molar-refractivity contribution in [1.29, 1.82) is 0 Å². The largest absolute Gasteiger partial charge is 0.247 e. The lowest BCUT2D eigenvalue weighted by Gasteiger charge is -2.00. The van der Waals surface area contributed by atoms with E-state index in [0.29, 0.717) is 0 Å². The molecular formula is C4H13N3. The number of hydrogen-bond acceptors (Lipinski definition) is 3. The molecule has 3 heteroatoms. The van der Waals surface area contributed by atoms with Crippen LogP contribution in [0.2, 0.25) is 0 Å². The van der Waals surface area contributed by atoms with E-state index in [1.165, 1.54) is 0 Å². The van der Waals surface area contributed by atoms with Crippen molar-refractivity contribution in [3.63, 3.8) is 0 Å². The minimum absolute atomic E-state index is 1.00. The second-order valence-electron chi connectivity index (χ2n) is 1.30. The predicted molar refractivity (Wildman–Crippen MR) is 30.5 cm³/mol. The Labute approximate surface area is 44.4 Å². The quantitative estimate of drug-likeness (QED) is 0.335. The molecule has 0 bridgehead atoms. The predicted octanol–water partition coefficient (Wildman–Crippen LogP) is -0.375. The van der Waals surface area contributed by atoms with Crippen LogP contribution in [-0.4, -0.2) is 13.6 Å². The average molecular weight is 103 g/mol. The van der Waals surface area contributed by atoms with Crippen molar-refractivity contribution in [3.05, 3.63) is 0 Å². The first-order chi connectivity index (χ1) is 3.41. The Balaban J connectivity index is 2.45. The summed E-state index contributed by atoms with van der Waals surface area (Å²) in [4.78, 5) is 0. The van der Waals surface area contributed by atoms with Gasteiger partial charge in [-0.15, -0.1) is 0 Å². The van der Waals surface area contributed by atoms with E-state index in [9.17, 15) is 0 Å². The van der Waals surface area contributed by atoms with Crippen LogP contribution in [0.1, 0.15) is 13.3 Å². The molecule has 0 aromatic heterocycles. The summed E-state index contributed by atoms with van der Waals surface area (Å²) in [6.07, 6.45) is 1.15. The van der Waals surface area contributed by atoms with E-state index in [1.54, 1.807) is 0 Å². The Morgan fingerprint density at radius 1 is 1.43 bits per heavy atom. The van der Waals surface area contributed by atoms with Crippen molar-refractivity contribution in [2.24, 2.45) is 0 Å². The second kappa shape index (κ2) is 5.88. The van der Waals surface area contributed by atoms with Crippen LogP contribution in [0.4, 0.5) is 0 Å². The van der Waals surface area contributed by atoms with Crippen LogP contribution in [0.15, 0.2) is 0 Å². The Kier molecular flexibility index (Phi) is 5.78. The van der Waals surface area contributed by atoms with Gasteiger partial charge in [-0.1, -0.05) is 6.92 Å². The molecular weight excluding hydrogens is 90.1 g/mol. The number of nitrogens with one attached hydrogen (secondary N) is 3. The molecule has 0 aliphatic carbocycles. The van der Waals surface area contributed by atoms with Crippen LogP contribution in [0.5, 0.6) is 0 Å². The summed E-state index contributed by atoms with van der Waals surface area (Å²) >= 11 is 0. The Bertz CT molecular complexity index is 26.1. The first kappa shape index (κ1) is 6.88. The van der Waals surface area contributed by atoms with E-state index in [1.807, 2.05) is 7.05 Å². The normalized spacial score (nSPS) is 9.43. The Morgan fingerprint density at radius 3 is 2.57 bits per heavy atom. The fraction of sp³-hybridized carbons (Fsp3) is 1.00. The summed E-state index contributed by atoms with van der Waals surface area (Å²) in [5.74, 6) is 0. The topological polar surface area (TPSA) is 36.1 Å². The fourth-order valence-corrected chi connectivity index (χ4v) is 0.276. The van der Waals surface area contributed by atoms with Crippen LogP contribution in [0.25, 0.3) is 0 Å². The minimum Gasteiger partial charge on any atom is -0.247 e. The Hall–Kier alpha value is -0.120. The minimum atomic E-state index is 1.00.